The molecule has 100 valence electrons. The van der Waals surface area contributed by atoms with Crippen LogP contribution in [-0.2, 0) is 0 Å². The molecule has 2 rings (SSSR count). The van der Waals surface area contributed by atoms with E-state index in [1.807, 2.05) is 19.1 Å². The van der Waals surface area contributed by atoms with Gasteiger partial charge < -0.3 is 5.73 Å². The van der Waals surface area contributed by atoms with Gasteiger partial charge in [-0.05, 0) is 31.2 Å². The molecule has 1 saturated carbocycles. The minimum Gasteiger partial charge on any atom is -0.324 e. The summed E-state index contributed by atoms with van der Waals surface area (Å²) >= 11 is 0. The molecule has 0 bridgehead atoms. The van der Waals surface area contributed by atoms with Crippen molar-refractivity contribution in [3.8, 4) is 0 Å². The van der Waals surface area contributed by atoms with E-state index in [1.165, 1.54) is 19.3 Å². The lowest BCUT2D eigenvalue weighted by atomic mass is 9.72. The number of nitrogens with two attached hydrogens (primary N) is 1. The third-order valence-electron chi connectivity index (χ3n) is 4.46. The summed E-state index contributed by atoms with van der Waals surface area (Å²) in [6, 6.07) is 5.13. The lowest BCUT2D eigenvalue weighted by Gasteiger charge is -2.35. The van der Waals surface area contributed by atoms with Gasteiger partial charge in [0.1, 0.15) is 5.82 Å². The first-order valence-corrected chi connectivity index (χ1v) is 7.15. The molecule has 0 spiro atoms. The number of rotatable bonds is 3. The summed E-state index contributed by atoms with van der Waals surface area (Å²) in [5.74, 6) is 0.960. The first-order chi connectivity index (χ1) is 8.63. The van der Waals surface area contributed by atoms with Crippen molar-refractivity contribution in [1.82, 2.24) is 0 Å². The molecule has 3 atom stereocenters. The van der Waals surface area contributed by atoms with Gasteiger partial charge in [-0.25, -0.2) is 4.39 Å². The highest BCUT2D eigenvalue weighted by Crippen LogP contribution is 2.39. The van der Waals surface area contributed by atoms with E-state index in [0.717, 1.165) is 18.4 Å². The predicted molar refractivity (Wildman–Crippen MR) is 73.8 cm³/mol. The second-order valence-electron chi connectivity index (χ2n) is 5.67. The van der Waals surface area contributed by atoms with Crippen molar-refractivity contribution in [2.75, 3.05) is 0 Å². The number of aryl methyl sites for hydroxylation is 1. The fourth-order valence-electron chi connectivity index (χ4n) is 3.37. The fourth-order valence-corrected chi connectivity index (χ4v) is 3.37. The van der Waals surface area contributed by atoms with Crippen LogP contribution in [0.4, 0.5) is 4.39 Å². The predicted octanol–water partition coefficient (Wildman–Crippen LogP) is 4.35. The largest absolute Gasteiger partial charge is 0.324 e. The van der Waals surface area contributed by atoms with Gasteiger partial charge >= 0.3 is 0 Å². The SMILES string of the molecule is CCC1CCCCC1C(N)c1cc(C)ccc1F. The van der Waals surface area contributed by atoms with Crippen molar-refractivity contribution in [3.63, 3.8) is 0 Å². The van der Waals surface area contributed by atoms with Gasteiger partial charge in [-0.2, -0.15) is 0 Å². The van der Waals surface area contributed by atoms with E-state index in [0.29, 0.717) is 17.4 Å². The van der Waals surface area contributed by atoms with Crippen molar-refractivity contribution in [3.05, 3.63) is 35.1 Å². The van der Waals surface area contributed by atoms with E-state index in [1.54, 1.807) is 6.07 Å². The molecule has 0 aliphatic heterocycles. The maximum atomic E-state index is 13.9. The van der Waals surface area contributed by atoms with Gasteiger partial charge in [-0.15, -0.1) is 0 Å². The first kappa shape index (κ1) is 13.5. The molecule has 1 aromatic carbocycles. The highest BCUT2D eigenvalue weighted by Gasteiger charge is 2.30. The van der Waals surface area contributed by atoms with Gasteiger partial charge in [0.15, 0.2) is 0 Å². The highest BCUT2D eigenvalue weighted by molar-refractivity contribution is 5.27. The summed E-state index contributed by atoms with van der Waals surface area (Å²) in [4.78, 5) is 0. The van der Waals surface area contributed by atoms with Crippen LogP contribution in [0.15, 0.2) is 18.2 Å². The first-order valence-electron chi connectivity index (χ1n) is 7.15. The molecular formula is C16H24FN. The van der Waals surface area contributed by atoms with Gasteiger partial charge in [0.25, 0.3) is 0 Å². The zero-order valence-electron chi connectivity index (χ0n) is 11.5. The topological polar surface area (TPSA) is 26.0 Å². The summed E-state index contributed by atoms with van der Waals surface area (Å²) in [7, 11) is 0. The minimum atomic E-state index is -0.145. The molecular weight excluding hydrogens is 225 g/mol. The summed E-state index contributed by atoms with van der Waals surface area (Å²) in [5.41, 5.74) is 8.16. The molecule has 1 aliphatic carbocycles. The van der Waals surface area contributed by atoms with E-state index in [-0.39, 0.29) is 11.9 Å². The summed E-state index contributed by atoms with van der Waals surface area (Å²) in [6.07, 6.45) is 6.10. The van der Waals surface area contributed by atoms with Crippen molar-refractivity contribution in [2.24, 2.45) is 17.6 Å². The molecule has 0 heterocycles. The summed E-state index contributed by atoms with van der Waals surface area (Å²) in [6.45, 7) is 4.22. The molecule has 1 aliphatic rings. The molecule has 0 saturated heterocycles. The van der Waals surface area contributed by atoms with Gasteiger partial charge in [0.05, 0.1) is 0 Å². The average molecular weight is 249 g/mol. The standard InChI is InChI=1S/C16H24FN/c1-3-12-6-4-5-7-13(12)16(18)14-10-11(2)8-9-15(14)17/h8-10,12-13,16H,3-7,18H2,1-2H3. The van der Waals surface area contributed by atoms with Crippen LogP contribution in [0, 0.1) is 24.6 Å². The zero-order chi connectivity index (χ0) is 13.1. The number of hydrogen-bond donors (Lipinski definition) is 1. The van der Waals surface area contributed by atoms with Crippen LogP contribution in [0.5, 0.6) is 0 Å². The van der Waals surface area contributed by atoms with Crippen LogP contribution in [0.3, 0.4) is 0 Å². The molecule has 18 heavy (non-hydrogen) atoms. The Hall–Kier alpha value is -0.890. The second-order valence-corrected chi connectivity index (χ2v) is 5.67. The smallest absolute Gasteiger partial charge is 0.127 e. The monoisotopic (exact) mass is 249 g/mol. The molecule has 1 aromatic rings. The van der Waals surface area contributed by atoms with Crippen LogP contribution in [0.2, 0.25) is 0 Å². The quantitative estimate of drug-likeness (QED) is 0.846. The Balaban J connectivity index is 2.23. The van der Waals surface area contributed by atoms with Crippen LogP contribution in [-0.4, -0.2) is 0 Å². The van der Waals surface area contributed by atoms with Crippen molar-refractivity contribution in [1.29, 1.82) is 0 Å². The average Bonchev–Trinajstić information content (AvgIpc) is 2.40. The molecule has 1 fully saturated rings. The number of halogens is 1. The van der Waals surface area contributed by atoms with Crippen LogP contribution >= 0.6 is 0 Å². The van der Waals surface area contributed by atoms with E-state index < -0.39 is 0 Å². The Morgan fingerprint density at radius 1 is 1.33 bits per heavy atom. The van der Waals surface area contributed by atoms with Gasteiger partial charge in [-0.1, -0.05) is 50.3 Å². The normalized spacial score (nSPS) is 26.0. The molecule has 1 nitrogen and oxygen atoms in total. The second kappa shape index (κ2) is 5.83. The highest BCUT2D eigenvalue weighted by atomic mass is 19.1. The fraction of sp³-hybridized carbons (Fsp3) is 0.625. The Kier molecular flexibility index (Phi) is 4.39. The Labute approximate surface area is 110 Å². The van der Waals surface area contributed by atoms with Crippen molar-refractivity contribution < 1.29 is 4.39 Å². The van der Waals surface area contributed by atoms with E-state index in [9.17, 15) is 4.39 Å². The van der Waals surface area contributed by atoms with Crippen LogP contribution < -0.4 is 5.73 Å². The van der Waals surface area contributed by atoms with E-state index in [4.69, 9.17) is 5.73 Å². The Morgan fingerprint density at radius 3 is 2.78 bits per heavy atom. The molecule has 2 heteroatoms. The molecule has 2 N–H and O–H groups in total. The molecule has 0 aromatic heterocycles. The Morgan fingerprint density at radius 2 is 2.06 bits per heavy atom. The maximum absolute atomic E-state index is 13.9. The summed E-state index contributed by atoms with van der Waals surface area (Å²) in [5, 5.41) is 0. The third kappa shape index (κ3) is 2.74. The number of benzene rings is 1. The van der Waals surface area contributed by atoms with Gasteiger partial charge in [0.2, 0.25) is 0 Å². The molecule has 0 amide bonds. The van der Waals surface area contributed by atoms with Crippen molar-refractivity contribution >= 4 is 0 Å². The maximum Gasteiger partial charge on any atom is 0.127 e. The number of hydrogen-bond acceptors (Lipinski definition) is 1. The van der Waals surface area contributed by atoms with Crippen LogP contribution in [0.1, 0.15) is 56.2 Å². The molecule has 0 radical (unpaired) electrons. The Bertz CT molecular complexity index is 402. The van der Waals surface area contributed by atoms with Gasteiger partial charge in [0, 0.05) is 11.6 Å². The zero-order valence-corrected chi connectivity index (χ0v) is 11.5. The lowest BCUT2D eigenvalue weighted by molar-refractivity contribution is 0.194. The van der Waals surface area contributed by atoms with Crippen molar-refractivity contribution in [2.45, 2.75) is 52.0 Å². The third-order valence-corrected chi connectivity index (χ3v) is 4.46. The lowest BCUT2D eigenvalue weighted by Crippen LogP contribution is -2.31. The molecule has 3 unspecified atom stereocenters. The van der Waals surface area contributed by atoms with E-state index in [2.05, 4.69) is 6.92 Å². The summed E-state index contributed by atoms with van der Waals surface area (Å²) < 4.78 is 13.9. The minimum absolute atomic E-state index is 0.143. The van der Waals surface area contributed by atoms with Crippen LogP contribution in [0.25, 0.3) is 0 Å². The van der Waals surface area contributed by atoms with E-state index >= 15 is 0 Å². The van der Waals surface area contributed by atoms with Gasteiger partial charge in [-0.3, -0.25) is 0 Å².